The summed E-state index contributed by atoms with van der Waals surface area (Å²) in [4.78, 5) is 0. The second kappa shape index (κ2) is 6.63. The first kappa shape index (κ1) is 13.2. The number of ether oxygens (including phenoxy) is 1. The normalized spacial score (nSPS) is 12.5. The molecule has 0 radical (unpaired) electrons. The Balaban J connectivity index is 3.26. The van der Waals surface area contributed by atoms with Crippen molar-refractivity contribution in [3.63, 3.8) is 0 Å². The largest absolute Gasteiger partial charge is 0.380 e. The smallest absolute Gasteiger partial charge is 0.0591 e. The number of hydrogen-bond donors (Lipinski definition) is 1. The first-order chi connectivity index (χ1) is 5.98. The van der Waals surface area contributed by atoms with Gasteiger partial charge in [0.1, 0.15) is 0 Å². The highest BCUT2D eigenvalue weighted by atomic mass is 35.5. The molecule has 0 saturated heterocycles. The van der Waals surface area contributed by atoms with E-state index in [0.29, 0.717) is 11.8 Å². The van der Waals surface area contributed by atoms with Crippen LogP contribution in [-0.4, -0.2) is 31.2 Å². The second-order valence-corrected chi connectivity index (χ2v) is 4.68. The molecule has 0 spiro atoms. The molecule has 2 nitrogen and oxygen atoms in total. The van der Waals surface area contributed by atoms with Crippen LogP contribution in [0.3, 0.4) is 0 Å². The molecule has 0 aromatic rings. The van der Waals surface area contributed by atoms with Gasteiger partial charge in [-0.25, -0.2) is 0 Å². The molecule has 0 aromatic heterocycles. The summed E-state index contributed by atoms with van der Waals surface area (Å²) in [5.74, 6) is 1.23. The zero-order valence-corrected chi connectivity index (χ0v) is 9.95. The van der Waals surface area contributed by atoms with Gasteiger partial charge in [-0.15, -0.1) is 11.6 Å². The summed E-state index contributed by atoms with van der Waals surface area (Å²) >= 11 is 5.75. The first-order valence-corrected chi connectivity index (χ1v) is 5.40. The molecule has 0 aromatic carbocycles. The molecule has 0 heterocycles. The van der Waals surface area contributed by atoms with E-state index in [2.05, 4.69) is 33.0 Å². The van der Waals surface area contributed by atoms with E-state index >= 15 is 0 Å². The molecule has 0 bridgehead atoms. The third-order valence-electron chi connectivity index (χ3n) is 1.64. The zero-order valence-electron chi connectivity index (χ0n) is 9.19. The highest BCUT2D eigenvalue weighted by molar-refractivity contribution is 6.18. The van der Waals surface area contributed by atoms with Crippen LogP contribution in [0.5, 0.6) is 0 Å². The van der Waals surface area contributed by atoms with Gasteiger partial charge in [-0.3, -0.25) is 0 Å². The zero-order chi connectivity index (χ0) is 10.3. The lowest BCUT2D eigenvalue weighted by Crippen LogP contribution is -2.42. The predicted molar refractivity (Wildman–Crippen MR) is 58.5 cm³/mol. The first-order valence-electron chi connectivity index (χ1n) is 4.86. The van der Waals surface area contributed by atoms with Crippen molar-refractivity contribution in [1.29, 1.82) is 0 Å². The van der Waals surface area contributed by atoms with Crippen molar-refractivity contribution >= 4 is 11.6 Å². The van der Waals surface area contributed by atoms with Gasteiger partial charge in [-0.1, -0.05) is 13.8 Å². The lowest BCUT2D eigenvalue weighted by Gasteiger charge is -2.23. The van der Waals surface area contributed by atoms with Crippen LogP contribution in [0.1, 0.15) is 27.7 Å². The lowest BCUT2D eigenvalue weighted by atomic mass is 10.1. The van der Waals surface area contributed by atoms with E-state index in [9.17, 15) is 0 Å². The number of rotatable bonds is 7. The van der Waals surface area contributed by atoms with E-state index in [1.165, 1.54) is 0 Å². The molecule has 0 saturated carbocycles. The van der Waals surface area contributed by atoms with Gasteiger partial charge in [0, 0.05) is 24.6 Å². The molecule has 1 N–H and O–H groups in total. The Bertz CT molecular complexity index is 126. The van der Waals surface area contributed by atoms with E-state index < -0.39 is 0 Å². The van der Waals surface area contributed by atoms with E-state index in [0.717, 1.165) is 19.8 Å². The lowest BCUT2D eigenvalue weighted by molar-refractivity contribution is 0.108. The Kier molecular flexibility index (Phi) is 6.74. The SMILES string of the molecule is CC(C)COCCNC(C)(C)CCl. The minimum Gasteiger partial charge on any atom is -0.380 e. The van der Waals surface area contributed by atoms with E-state index in [4.69, 9.17) is 16.3 Å². The Morgan fingerprint density at radius 3 is 2.46 bits per heavy atom. The monoisotopic (exact) mass is 207 g/mol. The molecule has 3 heteroatoms. The van der Waals surface area contributed by atoms with Gasteiger partial charge in [-0.05, 0) is 19.8 Å². The van der Waals surface area contributed by atoms with Crippen molar-refractivity contribution in [2.75, 3.05) is 25.6 Å². The summed E-state index contributed by atoms with van der Waals surface area (Å²) < 4.78 is 5.43. The van der Waals surface area contributed by atoms with Gasteiger partial charge in [0.2, 0.25) is 0 Å². The van der Waals surface area contributed by atoms with Crippen LogP contribution in [-0.2, 0) is 4.74 Å². The molecule has 0 amide bonds. The average Bonchev–Trinajstić information content (AvgIpc) is 2.03. The Labute approximate surface area is 87.0 Å². The van der Waals surface area contributed by atoms with Crippen molar-refractivity contribution < 1.29 is 4.74 Å². The fourth-order valence-electron chi connectivity index (χ4n) is 0.828. The standard InChI is InChI=1S/C10H22ClNO/c1-9(2)7-13-6-5-12-10(3,4)8-11/h9,12H,5-8H2,1-4H3. The minimum atomic E-state index is 0.0166. The molecular weight excluding hydrogens is 186 g/mol. The quantitative estimate of drug-likeness (QED) is 0.511. The number of nitrogens with one attached hydrogen (secondary N) is 1. The van der Waals surface area contributed by atoms with E-state index in [1.807, 2.05) is 0 Å². The summed E-state index contributed by atoms with van der Waals surface area (Å²) in [6, 6.07) is 0. The van der Waals surface area contributed by atoms with Gasteiger partial charge in [0.05, 0.1) is 6.61 Å². The van der Waals surface area contributed by atoms with Crippen molar-refractivity contribution in [3.05, 3.63) is 0 Å². The predicted octanol–water partition coefficient (Wildman–Crippen LogP) is 2.27. The van der Waals surface area contributed by atoms with Gasteiger partial charge in [0.25, 0.3) is 0 Å². The maximum atomic E-state index is 5.75. The van der Waals surface area contributed by atoms with Crippen molar-refractivity contribution in [1.82, 2.24) is 5.32 Å². The van der Waals surface area contributed by atoms with Gasteiger partial charge in [0.15, 0.2) is 0 Å². The van der Waals surface area contributed by atoms with E-state index in [-0.39, 0.29) is 5.54 Å². The molecule has 0 fully saturated rings. The summed E-state index contributed by atoms with van der Waals surface area (Å²) in [7, 11) is 0. The highest BCUT2D eigenvalue weighted by Gasteiger charge is 2.13. The second-order valence-electron chi connectivity index (χ2n) is 4.41. The summed E-state index contributed by atoms with van der Waals surface area (Å²) in [6.07, 6.45) is 0. The molecule has 0 unspecified atom stereocenters. The van der Waals surface area contributed by atoms with Crippen LogP contribution < -0.4 is 5.32 Å². The molecule has 0 rings (SSSR count). The number of halogens is 1. The Morgan fingerprint density at radius 1 is 1.38 bits per heavy atom. The third-order valence-corrected chi connectivity index (χ3v) is 2.30. The molecule has 0 aliphatic rings. The molecular formula is C10H22ClNO. The van der Waals surface area contributed by atoms with Crippen molar-refractivity contribution in [2.24, 2.45) is 5.92 Å². The topological polar surface area (TPSA) is 21.3 Å². The summed E-state index contributed by atoms with van der Waals surface area (Å²) in [5, 5.41) is 3.33. The highest BCUT2D eigenvalue weighted by Crippen LogP contribution is 2.03. The van der Waals surface area contributed by atoms with Gasteiger partial charge < -0.3 is 10.1 Å². The molecule has 80 valence electrons. The minimum absolute atomic E-state index is 0.0166. The number of hydrogen-bond acceptors (Lipinski definition) is 2. The average molecular weight is 208 g/mol. The summed E-state index contributed by atoms with van der Waals surface area (Å²) in [5.41, 5.74) is 0.0166. The Morgan fingerprint density at radius 2 is 2.00 bits per heavy atom. The third kappa shape index (κ3) is 8.54. The molecule has 0 aliphatic heterocycles. The van der Waals surface area contributed by atoms with Crippen LogP contribution in [0, 0.1) is 5.92 Å². The maximum absolute atomic E-state index is 5.75. The van der Waals surface area contributed by atoms with Crippen LogP contribution in [0.2, 0.25) is 0 Å². The van der Waals surface area contributed by atoms with Crippen LogP contribution in [0.25, 0.3) is 0 Å². The van der Waals surface area contributed by atoms with Crippen LogP contribution >= 0.6 is 11.6 Å². The Hall–Kier alpha value is 0.210. The fraction of sp³-hybridized carbons (Fsp3) is 1.00. The van der Waals surface area contributed by atoms with Crippen molar-refractivity contribution in [2.45, 2.75) is 33.2 Å². The fourth-order valence-corrected chi connectivity index (χ4v) is 0.922. The van der Waals surface area contributed by atoms with Crippen molar-refractivity contribution in [3.8, 4) is 0 Å². The van der Waals surface area contributed by atoms with E-state index in [1.54, 1.807) is 0 Å². The van der Waals surface area contributed by atoms with Gasteiger partial charge in [-0.2, -0.15) is 0 Å². The van der Waals surface area contributed by atoms with Gasteiger partial charge >= 0.3 is 0 Å². The molecule has 0 atom stereocenters. The summed E-state index contributed by atoms with van der Waals surface area (Å²) in [6.45, 7) is 10.9. The molecule has 13 heavy (non-hydrogen) atoms. The van der Waals surface area contributed by atoms with Crippen LogP contribution in [0.15, 0.2) is 0 Å². The molecule has 0 aliphatic carbocycles. The van der Waals surface area contributed by atoms with Crippen LogP contribution in [0.4, 0.5) is 0 Å². The number of alkyl halides is 1. The maximum Gasteiger partial charge on any atom is 0.0591 e.